The Kier molecular flexibility index (Phi) is 4.99. The van der Waals surface area contributed by atoms with Crippen LogP contribution in [0.25, 0.3) is 0 Å². The predicted octanol–water partition coefficient (Wildman–Crippen LogP) is 4.59. The van der Waals surface area contributed by atoms with Gasteiger partial charge in [0, 0.05) is 16.7 Å². The summed E-state index contributed by atoms with van der Waals surface area (Å²) in [5.74, 6) is 1.41. The van der Waals surface area contributed by atoms with Crippen molar-refractivity contribution in [3.05, 3.63) is 88.7 Å². The van der Waals surface area contributed by atoms with Crippen LogP contribution in [0.1, 0.15) is 22.3 Å². The molecule has 4 rings (SSSR count). The molecule has 3 aromatic carbocycles. The number of benzene rings is 3. The third kappa shape index (κ3) is 3.69. The highest BCUT2D eigenvalue weighted by molar-refractivity contribution is 6.18. The summed E-state index contributed by atoms with van der Waals surface area (Å²) >= 11 is 0. The molecule has 1 aliphatic rings. The fraction of sp³-hybridized carbons (Fsp3) is 0.130. The van der Waals surface area contributed by atoms with Crippen LogP contribution < -0.4 is 14.9 Å². The molecule has 0 saturated carbocycles. The van der Waals surface area contributed by atoms with Crippen LogP contribution in [-0.2, 0) is 0 Å². The summed E-state index contributed by atoms with van der Waals surface area (Å²) in [6, 6.07) is 17.9. The number of hydrogen-bond acceptors (Lipinski definition) is 5. The second kappa shape index (κ2) is 7.75. The maximum absolute atomic E-state index is 14.1. The Bertz CT molecular complexity index is 1120. The van der Waals surface area contributed by atoms with E-state index in [-0.39, 0.29) is 5.82 Å². The number of nitrogens with one attached hydrogen (secondary N) is 1. The number of ether oxygens (including phenoxy) is 2. The van der Waals surface area contributed by atoms with Crippen molar-refractivity contribution in [2.24, 2.45) is 10.1 Å². The molecule has 0 unspecified atom stereocenters. The van der Waals surface area contributed by atoms with Gasteiger partial charge >= 0.3 is 0 Å². The van der Waals surface area contributed by atoms with E-state index < -0.39 is 0 Å². The fourth-order valence-electron chi connectivity index (χ4n) is 3.15. The van der Waals surface area contributed by atoms with Crippen LogP contribution in [0.5, 0.6) is 11.5 Å². The van der Waals surface area contributed by atoms with Gasteiger partial charge in [-0.05, 0) is 43.3 Å². The highest BCUT2D eigenvalue weighted by Crippen LogP contribution is 2.31. The molecule has 146 valence electrons. The molecule has 3 aromatic rings. The van der Waals surface area contributed by atoms with Crippen molar-refractivity contribution in [3.8, 4) is 11.5 Å². The first-order valence-corrected chi connectivity index (χ1v) is 9.11. The minimum absolute atomic E-state index is 0.356. The quantitative estimate of drug-likeness (QED) is 0.710. The molecular formula is C23H20FN3O2. The van der Waals surface area contributed by atoms with Crippen LogP contribution in [0.15, 0.2) is 70.8 Å². The third-order valence-corrected chi connectivity index (χ3v) is 4.70. The summed E-state index contributed by atoms with van der Waals surface area (Å²) < 4.78 is 24.8. The van der Waals surface area contributed by atoms with Crippen molar-refractivity contribution >= 4 is 17.2 Å². The first kappa shape index (κ1) is 18.7. The molecule has 0 amide bonds. The number of rotatable bonds is 4. The minimum Gasteiger partial charge on any atom is -0.493 e. The van der Waals surface area contributed by atoms with Crippen LogP contribution in [-0.4, -0.2) is 25.8 Å². The molecule has 0 radical (unpaired) electrons. The normalized spacial score (nSPS) is 12.8. The van der Waals surface area contributed by atoms with Gasteiger partial charge in [-0.2, -0.15) is 5.10 Å². The summed E-state index contributed by atoms with van der Waals surface area (Å²) in [5.41, 5.74) is 7.62. The number of nitrogens with zero attached hydrogens (tertiary/aromatic N) is 2. The van der Waals surface area contributed by atoms with Gasteiger partial charge in [-0.1, -0.05) is 29.8 Å². The van der Waals surface area contributed by atoms with E-state index in [9.17, 15) is 4.39 Å². The largest absolute Gasteiger partial charge is 0.493 e. The van der Waals surface area contributed by atoms with Crippen molar-refractivity contribution < 1.29 is 13.9 Å². The Balaban J connectivity index is 1.85. The predicted molar refractivity (Wildman–Crippen MR) is 112 cm³/mol. The number of methoxy groups -OCH3 is 2. The van der Waals surface area contributed by atoms with Gasteiger partial charge in [0.15, 0.2) is 17.3 Å². The topological polar surface area (TPSA) is 55.2 Å². The van der Waals surface area contributed by atoms with Crippen molar-refractivity contribution in [1.82, 2.24) is 5.43 Å². The van der Waals surface area contributed by atoms with Gasteiger partial charge < -0.3 is 9.47 Å². The van der Waals surface area contributed by atoms with E-state index in [4.69, 9.17) is 14.5 Å². The molecule has 1 heterocycles. The average molecular weight is 389 g/mol. The number of fused-ring (bicyclic) bond motifs is 1. The number of halogens is 1. The molecule has 1 aliphatic heterocycles. The molecule has 0 saturated heterocycles. The molecule has 0 aromatic heterocycles. The molecular weight excluding hydrogens is 369 g/mol. The molecule has 0 bridgehead atoms. The molecule has 0 fully saturated rings. The molecule has 1 N–H and O–H groups in total. The van der Waals surface area contributed by atoms with Crippen molar-refractivity contribution in [3.63, 3.8) is 0 Å². The Morgan fingerprint density at radius 3 is 2.28 bits per heavy atom. The van der Waals surface area contributed by atoms with Gasteiger partial charge in [0.05, 0.1) is 19.9 Å². The van der Waals surface area contributed by atoms with Crippen LogP contribution in [0.3, 0.4) is 0 Å². The second-order valence-corrected chi connectivity index (χ2v) is 6.63. The number of hydrazone groups is 1. The van der Waals surface area contributed by atoms with E-state index >= 15 is 0 Å². The Morgan fingerprint density at radius 2 is 1.55 bits per heavy atom. The van der Waals surface area contributed by atoms with E-state index in [0.29, 0.717) is 34.3 Å². The highest BCUT2D eigenvalue weighted by atomic mass is 19.1. The Hall–Kier alpha value is -3.67. The van der Waals surface area contributed by atoms with Crippen LogP contribution >= 0.6 is 0 Å². The van der Waals surface area contributed by atoms with E-state index in [0.717, 1.165) is 16.7 Å². The van der Waals surface area contributed by atoms with E-state index in [1.807, 2.05) is 43.3 Å². The fourth-order valence-corrected chi connectivity index (χ4v) is 3.15. The molecule has 0 aliphatic carbocycles. The van der Waals surface area contributed by atoms with Crippen LogP contribution in [0.2, 0.25) is 0 Å². The van der Waals surface area contributed by atoms with Crippen molar-refractivity contribution in [1.29, 1.82) is 0 Å². The zero-order valence-electron chi connectivity index (χ0n) is 16.4. The van der Waals surface area contributed by atoms with E-state index in [2.05, 4.69) is 10.5 Å². The van der Waals surface area contributed by atoms with Crippen molar-refractivity contribution in [2.75, 3.05) is 14.2 Å². The number of aryl methyl sites for hydroxylation is 1. The Morgan fingerprint density at radius 1 is 0.828 bits per heavy atom. The molecule has 29 heavy (non-hydrogen) atoms. The monoisotopic (exact) mass is 389 g/mol. The van der Waals surface area contributed by atoms with Gasteiger partial charge in [0.1, 0.15) is 11.5 Å². The lowest BCUT2D eigenvalue weighted by Gasteiger charge is -2.12. The van der Waals surface area contributed by atoms with Gasteiger partial charge in [0.25, 0.3) is 0 Å². The lowest BCUT2D eigenvalue weighted by Crippen LogP contribution is -2.19. The maximum atomic E-state index is 14.1. The van der Waals surface area contributed by atoms with Gasteiger partial charge in [-0.3, -0.25) is 5.43 Å². The van der Waals surface area contributed by atoms with Gasteiger partial charge in [-0.25, -0.2) is 9.38 Å². The van der Waals surface area contributed by atoms with Gasteiger partial charge in [0.2, 0.25) is 0 Å². The summed E-state index contributed by atoms with van der Waals surface area (Å²) in [6.45, 7) is 2.03. The zero-order chi connectivity index (χ0) is 20.4. The molecule has 0 spiro atoms. The summed E-state index contributed by atoms with van der Waals surface area (Å²) in [5, 5.41) is 4.56. The first-order chi connectivity index (χ1) is 14.1. The smallest absolute Gasteiger partial charge is 0.161 e. The van der Waals surface area contributed by atoms with E-state index in [1.165, 1.54) is 12.1 Å². The lowest BCUT2D eigenvalue weighted by atomic mass is 10.00. The summed E-state index contributed by atoms with van der Waals surface area (Å²) in [6.07, 6.45) is 0. The first-order valence-electron chi connectivity index (χ1n) is 9.11. The standard InChI is InChI=1S/C23H20FN3O2/c1-14-4-6-15(7-5-14)23-25-19-10-9-17(24)13-18(19)22(26-27-23)16-8-11-20(28-2)21(12-16)29-3/h4-13H,1-3H3,(H,25,27). The minimum atomic E-state index is -0.356. The number of hydrogen-bond donors (Lipinski definition) is 1. The van der Waals surface area contributed by atoms with Gasteiger partial charge in [-0.15, -0.1) is 0 Å². The Labute approximate surface area is 168 Å². The van der Waals surface area contributed by atoms with E-state index in [1.54, 1.807) is 26.4 Å². The van der Waals surface area contributed by atoms with Crippen molar-refractivity contribution in [2.45, 2.75) is 6.92 Å². The van der Waals surface area contributed by atoms with Crippen LogP contribution in [0, 0.1) is 12.7 Å². The van der Waals surface area contributed by atoms with Crippen LogP contribution in [0.4, 0.5) is 10.1 Å². The SMILES string of the molecule is COc1ccc(C2=NNC(c3ccc(C)cc3)=Nc3ccc(F)cc32)cc1OC. The summed E-state index contributed by atoms with van der Waals surface area (Å²) in [7, 11) is 3.15. The maximum Gasteiger partial charge on any atom is 0.161 e. The zero-order valence-corrected chi connectivity index (χ0v) is 16.4. The second-order valence-electron chi connectivity index (χ2n) is 6.63. The number of amidine groups is 1. The molecule has 5 nitrogen and oxygen atoms in total. The molecule has 6 heteroatoms. The third-order valence-electron chi connectivity index (χ3n) is 4.70. The highest BCUT2D eigenvalue weighted by Gasteiger charge is 2.19. The lowest BCUT2D eigenvalue weighted by molar-refractivity contribution is 0.355. The molecule has 0 atom stereocenters. The summed E-state index contributed by atoms with van der Waals surface area (Å²) in [4.78, 5) is 4.70. The number of aliphatic imine (C=N–C) groups is 1. The average Bonchev–Trinajstić information content (AvgIpc) is 2.93.